The zero-order valence-corrected chi connectivity index (χ0v) is 11.4. The number of benzene rings is 1. The molecular formula is C13H17ClN2O3. The fourth-order valence-corrected chi connectivity index (χ4v) is 1.70. The van der Waals surface area contributed by atoms with Crippen molar-refractivity contribution in [2.24, 2.45) is 5.73 Å². The van der Waals surface area contributed by atoms with Gasteiger partial charge in [-0.05, 0) is 24.6 Å². The molecule has 104 valence electrons. The van der Waals surface area contributed by atoms with Crippen LogP contribution in [-0.4, -0.2) is 23.0 Å². The smallest absolute Gasteiger partial charge is 0.335 e. The summed E-state index contributed by atoms with van der Waals surface area (Å²) in [6.45, 7) is 2.01. The number of hydrogen-bond donors (Lipinski definition) is 3. The van der Waals surface area contributed by atoms with Crippen LogP contribution >= 0.6 is 11.6 Å². The van der Waals surface area contributed by atoms with E-state index in [9.17, 15) is 9.59 Å². The molecule has 0 radical (unpaired) electrons. The van der Waals surface area contributed by atoms with Crippen molar-refractivity contribution in [1.82, 2.24) is 0 Å². The van der Waals surface area contributed by atoms with E-state index in [-0.39, 0.29) is 22.2 Å². The summed E-state index contributed by atoms with van der Waals surface area (Å²) in [6.07, 6.45) is 2.40. The molecule has 0 aliphatic heterocycles. The van der Waals surface area contributed by atoms with Crippen molar-refractivity contribution in [3.63, 3.8) is 0 Å². The number of anilines is 1. The fourth-order valence-electron chi connectivity index (χ4n) is 1.53. The van der Waals surface area contributed by atoms with Crippen molar-refractivity contribution in [2.75, 3.05) is 5.32 Å². The molecule has 0 spiro atoms. The van der Waals surface area contributed by atoms with Crippen molar-refractivity contribution in [3.05, 3.63) is 28.8 Å². The third-order valence-corrected chi connectivity index (χ3v) is 3.01. The largest absolute Gasteiger partial charge is 0.478 e. The maximum absolute atomic E-state index is 11.8. The lowest BCUT2D eigenvalue weighted by Crippen LogP contribution is -2.35. The van der Waals surface area contributed by atoms with E-state index in [0.29, 0.717) is 6.42 Å². The molecule has 1 aromatic carbocycles. The van der Waals surface area contributed by atoms with Gasteiger partial charge in [-0.2, -0.15) is 0 Å². The average molecular weight is 285 g/mol. The number of nitrogens with one attached hydrogen (secondary N) is 1. The number of carbonyl (C=O) groups excluding carboxylic acids is 1. The highest BCUT2D eigenvalue weighted by molar-refractivity contribution is 6.33. The van der Waals surface area contributed by atoms with Gasteiger partial charge in [0, 0.05) is 0 Å². The molecule has 1 aromatic rings. The van der Waals surface area contributed by atoms with Crippen LogP contribution in [0, 0.1) is 0 Å². The molecule has 0 saturated heterocycles. The van der Waals surface area contributed by atoms with E-state index in [1.165, 1.54) is 18.2 Å². The highest BCUT2D eigenvalue weighted by atomic mass is 35.5. The van der Waals surface area contributed by atoms with Crippen LogP contribution in [0.3, 0.4) is 0 Å². The lowest BCUT2D eigenvalue weighted by molar-refractivity contribution is -0.117. The second-order valence-corrected chi connectivity index (χ2v) is 4.64. The predicted molar refractivity (Wildman–Crippen MR) is 74.5 cm³/mol. The molecule has 0 bridgehead atoms. The van der Waals surface area contributed by atoms with Gasteiger partial charge in [0.2, 0.25) is 5.91 Å². The molecule has 6 heteroatoms. The minimum absolute atomic E-state index is 0.0572. The van der Waals surface area contributed by atoms with Crippen LogP contribution in [0.4, 0.5) is 5.69 Å². The highest BCUT2D eigenvalue weighted by Crippen LogP contribution is 2.23. The van der Waals surface area contributed by atoms with Gasteiger partial charge in [-0.15, -0.1) is 0 Å². The van der Waals surface area contributed by atoms with Gasteiger partial charge in [-0.3, -0.25) is 4.79 Å². The lowest BCUT2D eigenvalue weighted by Gasteiger charge is -2.13. The Bertz CT molecular complexity index is 477. The summed E-state index contributed by atoms with van der Waals surface area (Å²) in [4.78, 5) is 22.7. The first kappa shape index (κ1) is 15.5. The minimum atomic E-state index is -1.08. The Morgan fingerprint density at radius 3 is 2.74 bits per heavy atom. The van der Waals surface area contributed by atoms with E-state index < -0.39 is 12.0 Å². The van der Waals surface area contributed by atoms with Gasteiger partial charge >= 0.3 is 5.97 Å². The number of rotatable bonds is 6. The Labute approximate surface area is 116 Å². The van der Waals surface area contributed by atoms with Crippen LogP contribution in [0.5, 0.6) is 0 Å². The summed E-state index contributed by atoms with van der Waals surface area (Å²) in [7, 11) is 0. The van der Waals surface area contributed by atoms with Crippen molar-refractivity contribution in [2.45, 2.75) is 32.2 Å². The summed E-state index contributed by atoms with van der Waals surface area (Å²) < 4.78 is 0. The second-order valence-electron chi connectivity index (χ2n) is 4.24. The third-order valence-electron chi connectivity index (χ3n) is 2.68. The van der Waals surface area contributed by atoms with Gasteiger partial charge < -0.3 is 16.2 Å². The van der Waals surface area contributed by atoms with E-state index in [2.05, 4.69) is 5.32 Å². The number of amides is 1. The van der Waals surface area contributed by atoms with Crippen molar-refractivity contribution >= 4 is 29.2 Å². The maximum atomic E-state index is 11.8. The molecule has 0 fully saturated rings. The number of carbonyl (C=O) groups is 2. The number of halogens is 1. The van der Waals surface area contributed by atoms with Gasteiger partial charge in [-0.1, -0.05) is 31.4 Å². The molecule has 0 saturated carbocycles. The van der Waals surface area contributed by atoms with Gasteiger partial charge in [0.15, 0.2) is 0 Å². The summed E-state index contributed by atoms with van der Waals surface area (Å²) in [5.41, 5.74) is 6.05. The monoisotopic (exact) mass is 284 g/mol. The summed E-state index contributed by atoms with van der Waals surface area (Å²) in [6, 6.07) is 3.49. The van der Waals surface area contributed by atoms with E-state index in [1.807, 2.05) is 6.92 Å². The normalized spacial score (nSPS) is 11.9. The molecule has 0 aliphatic rings. The Balaban J connectivity index is 2.78. The second kappa shape index (κ2) is 7.11. The number of nitrogens with two attached hydrogens (primary N) is 1. The molecule has 1 atom stereocenters. The van der Waals surface area contributed by atoms with Crippen molar-refractivity contribution < 1.29 is 14.7 Å². The Hall–Kier alpha value is -1.59. The number of carboxylic acids is 1. The zero-order valence-electron chi connectivity index (χ0n) is 10.6. The Morgan fingerprint density at radius 2 is 2.16 bits per heavy atom. The Kier molecular flexibility index (Phi) is 5.79. The molecule has 5 nitrogen and oxygen atoms in total. The van der Waals surface area contributed by atoms with Crippen LogP contribution in [0.1, 0.15) is 36.5 Å². The Morgan fingerprint density at radius 1 is 1.47 bits per heavy atom. The quantitative estimate of drug-likeness (QED) is 0.748. The molecule has 0 heterocycles. The third kappa shape index (κ3) is 4.54. The van der Waals surface area contributed by atoms with E-state index in [4.69, 9.17) is 22.4 Å². The summed E-state index contributed by atoms with van der Waals surface area (Å²) in [5.74, 6) is -1.44. The summed E-state index contributed by atoms with van der Waals surface area (Å²) in [5, 5.41) is 11.7. The van der Waals surface area contributed by atoms with Crippen LogP contribution < -0.4 is 11.1 Å². The fraction of sp³-hybridized carbons (Fsp3) is 0.385. The molecule has 1 amide bonds. The van der Waals surface area contributed by atoms with E-state index in [1.54, 1.807) is 0 Å². The number of unbranched alkanes of at least 4 members (excludes halogenated alkanes) is 1. The average Bonchev–Trinajstić information content (AvgIpc) is 2.38. The van der Waals surface area contributed by atoms with Gasteiger partial charge in [0.25, 0.3) is 0 Å². The van der Waals surface area contributed by atoms with Crippen LogP contribution in [-0.2, 0) is 4.79 Å². The molecule has 1 rings (SSSR count). The zero-order chi connectivity index (χ0) is 14.4. The first-order valence-electron chi connectivity index (χ1n) is 6.05. The first-order chi connectivity index (χ1) is 8.95. The van der Waals surface area contributed by atoms with Gasteiger partial charge in [-0.25, -0.2) is 4.79 Å². The number of hydrogen-bond acceptors (Lipinski definition) is 3. The predicted octanol–water partition coefficient (Wildman–Crippen LogP) is 2.49. The molecule has 0 unspecified atom stereocenters. The SMILES string of the molecule is CCCC[C@H](N)C(=O)Nc1cc(C(=O)O)ccc1Cl. The van der Waals surface area contributed by atoms with E-state index in [0.717, 1.165) is 12.8 Å². The molecule has 0 aliphatic carbocycles. The molecule has 19 heavy (non-hydrogen) atoms. The van der Waals surface area contributed by atoms with Crippen LogP contribution in [0.15, 0.2) is 18.2 Å². The van der Waals surface area contributed by atoms with E-state index >= 15 is 0 Å². The highest BCUT2D eigenvalue weighted by Gasteiger charge is 2.15. The topological polar surface area (TPSA) is 92.4 Å². The van der Waals surface area contributed by atoms with Gasteiger partial charge in [0.1, 0.15) is 0 Å². The van der Waals surface area contributed by atoms with Crippen LogP contribution in [0.2, 0.25) is 5.02 Å². The van der Waals surface area contributed by atoms with Crippen molar-refractivity contribution in [1.29, 1.82) is 0 Å². The van der Waals surface area contributed by atoms with Gasteiger partial charge in [0.05, 0.1) is 22.3 Å². The molecule has 4 N–H and O–H groups in total. The van der Waals surface area contributed by atoms with Crippen molar-refractivity contribution in [3.8, 4) is 0 Å². The lowest BCUT2D eigenvalue weighted by atomic mass is 10.1. The standard InChI is InChI=1S/C13H17ClN2O3/c1-2-3-4-10(15)12(17)16-11-7-8(13(18)19)5-6-9(11)14/h5-7,10H,2-4,15H2,1H3,(H,16,17)(H,18,19)/t10-/m0/s1. The molecule has 0 aromatic heterocycles. The molecular weight excluding hydrogens is 268 g/mol. The number of aromatic carboxylic acids is 1. The first-order valence-corrected chi connectivity index (χ1v) is 6.42. The maximum Gasteiger partial charge on any atom is 0.335 e. The number of carboxylic acid groups (broad SMARTS) is 1. The summed E-state index contributed by atoms with van der Waals surface area (Å²) >= 11 is 5.91. The van der Waals surface area contributed by atoms with Crippen LogP contribution in [0.25, 0.3) is 0 Å². The minimum Gasteiger partial charge on any atom is -0.478 e.